The van der Waals surface area contributed by atoms with Gasteiger partial charge in [0, 0.05) is 0 Å². The van der Waals surface area contributed by atoms with E-state index in [1.165, 1.54) is 6.07 Å². The third-order valence-electron chi connectivity index (χ3n) is 1.99. The normalized spacial score (nSPS) is 12.8. The van der Waals surface area contributed by atoms with Crippen molar-refractivity contribution in [2.24, 2.45) is 0 Å². The van der Waals surface area contributed by atoms with E-state index in [-0.39, 0.29) is 11.8 Å². The maximum atomic E-state index is 12.0. The maximum absolute atomic E-state index is 12.0. The molecule has 0 aromatic heterocycles. The van der Waals surface area contributed by atoms with Gasteiger partial charge in [0.1, 0.15) is 5.75 Å². The zero-order valence-corrected chi connectivity index (χ0v) is 9.24. The minimum atomic E-state index is -2.80. The Kier molecular flexibility index (Phi) is 5.14. The molecule has 16 heavy (non-hydrogen) atoms. The summed E-state index contributed by atoms with van der Waals surface area (Å²) in [6, 6.07) is 6.44. The van der Waals surface area contributed by atoms with Crippen molar-refractivity contribution in [1.29, 1.82) is 0 Å². The SMILES string of the molecule is CCONC(C)c1cccc(OC(F)F)c1. The minimum Gasteiger partial charge on any atom is -0.435 e. The standard InChI is InChI=1S/C11H15F2NO2/c1-3-15-14-8(2)9-5-4-6-10(7-9)16-11(12)13/h4-8,11,14H,3H2,1-2H3. The highest BCUT2D eigenvalue weighted by Crippen LogP contribution is 2.20. The van der Waals surface area contributed by atoms with Crippen LogP contribution in [0.1, 0.15) is 25.5 Å². The van der Waals surface area contributed by atoms with Gasteiger partial charge >= 0.3 is 6.61 Å². The van der Waals surface area contributed by atoms with Crippen molar-refractivity contribution in [3.05, 3.63) is 29.8 Å². The van der Waals surface area contributed by atoms with Gasteiger partial charge in [0.2, 0.25) is 0 Å². The predicted octanol–water partition coefficient (Wildman–Crippen LogP) is 2.89. The van der Waals surface area contributed by atoms with Crippen LogP contribution < -0.4 is 10.2 Å². The fourth-order valence-corrected chi connectivity index (χ4v) is 1.24. The van der Waals surface area contributed by atoms with Crippen LogP contribution in [0.3, 0.4) is 0 Å². The van der Waals surface area contributed by atoms with Gasteiger partial charge < -0.3 is 9.57 Å². The number of rotatable bonds is 6. The predicted molar refractivity (Wildman–Crippen MR) is 56.3 cm³/mol. The molecule has 1 rings (SSSR count). The van der Waals surface area contributed by atoms with E-state index in [9.17, 15) is 8.78 Å². The number of alkyl halides is 2. The summed E-state index contributed by atoms with van der Waals surface area (Å²) >= 11 is 0. The van der Waals surface area contributed by atoms with Crippen LogP contribution in [0.2, 0.25) is 0 Å². The van der Waals surface area contributed by atoms with E-state index in [2.05, 4.69) is 10.2 Å². The van der Waals surface area contributed by atoms with Crippen molar-refractivity contribution in [2.45, 2.75) is 26.5 Å². The zero-order valence-electron chi connectivity index (χ0n) is 9.24. The lowest BCUT2D eigenvalue weighted by molar-refractivity contribution is -0.0499. The lowest BCUT2D eigenvalue weighted by atomic mass is 10.1. The quantitative estimate of drug-likeness (QED) is 0.763. The van der Waals surface area contributed by atoms with Gasteiger partial charge in [-0.1, -0.05) is 12.1 Å². The topological polar surface area (TPSA) is 30.5 Å². The van der Waals surface area contributed by atoms with Crippen LogP contribution >= 0.6 is 0 Å². The van der Waals surface area contributed by atoms with Crippen LogP contribution in [0, 0.1) is 0 Å². The van der Waals surface area contributed by atoms with Gasteiger partial charge in [0.05, 0.1) is 12.6 Å². The Balaban J connectivity index is 2.65. The molecule has 0 fully saturated rings. The first kappa shape index (κ1) is 12.9. The molecule has 0 bridgehead atoms. The summed E-state index contributed by atoms with van der Waals surface area (Å²) in [5.74, 6) is 0.151. The lowest BCUT2D eigenvalue weighted by Gasteiger charge is -2.14. The molecule has 0 spiro atoms. The molecule has 3 nitrogen and oxygen atoms in total. The van der Waals surface area contributed by atoms with Crippen molar-refractivity contribution in [3.8, 4) is 5.75 Å². The van der Waals surface area contributed by atoms with Crippen LogP contribution in [-0.4, -0.2) is 13.2 Å². The number of hydrogen-bond donors (Lipinski definition) is 1. The summed E-state index contributed by atoms with van der Waals surface area (Å²) in [5, 5.41) is 0. The second kappa shape index (κ2) is 6.40. The molecule has 0 saturated carbocycles. The van der Waals surface area contributed by atoms with Gasteiger partial charge in [-0.25, -0.2) is 0 Å². The summed E-state index contributed by atoms with van der Waals surface area (Å²) in [6.07, 6.45) is 0. The molecule has 90 valence electrons. The summed E-state index contributed by atoms with van der Waals surface area (Å²) in [5.41, 5.74) is 3.61. The number of halogens is 2. The Bertz CT molecular complexity index is 321. The summed E-state index contributed by atoms with van der Waals surface area (Å²) < 4.78 is 28.3. The molecular formula is C11H15F2NO2. The Morgan fingerprint density at radius 3 is 2.75 bits per heavy atom. The second-order valence-corrected chi connectivity index (χ2v) is 3.22. The number of benzene rings is 1. The molecular weight excluding hydrogens is 216 g/mol. The zero-order chi connectivity index (χ0) is 12.0. The van der Waals surface area contributed by atoms with E-state index in [1.807, 2.05) is 19.9 Å². The lowest BCUT2D eigenvalue weighted by Crippen LogP contribution is -2.19. The van der Waals surface area contributed by atoms with Crippen LogP contribution in [0.15, 0.2) is 24.3 Å². The van der Waals surface area contributed by atoms with Crippen LogP contribution in [0.4, 0.5) is 8.78 Å². The number of nitrogens with one attached hydrogen (secondary N) is 1. The monoisotopic (exact) mass is 231 g/mol. The third kappa shape index (κ3) is 4.12. The van der Waals surface area contributed by atoms with Gasteiger partial charge in [-0.05, 0) is 31.5 Å². The number of hydroxylamine groups is 1. The largest absolute Gasteiger partial charge is 0.435 e. The molecule has 0 amide bonds. The summed E-state index contributed by atoms with van der Waals surface area (Å²) in [7, 11) is 0. The van der Waals surface area contributed by atoms with Gasteiger partial charge in [-0.2, -0.15) is 14.3 Å². The minimum absolute atomic E-state index is 0.0822. The molecule has 5 heteroatoms. The first-order valence-electron chi connectivity index (χ1n) is 5.05. The van der Waals surface area contributed by atoms with Crippen molar-refractivity contribution in [1.82, 2.24) is 5.48 Å². The molecule has 1 atom stereocenters. The van der Waals surface area contributed by atoms with E-state index in [1.54, 1.807) is 12.1 Å². The number of hydrogen-bond acceptors (Lipinski definition) is 3. The summed E-state index contributed by atoms with van der Waals surface area (Å²) in [4.78, 5) is 5.03. The van der Waals surface area contributed by atoms with Crippen LogP contribution in [0.5, 0.6) is 5.75 Å². The smallest absolute Gasteiger partial charge is 0.387 e. The first-order valence-corrected chi connectivity index (χ1v) is 5.05. The van der Waals surface area contributed by atoms with Crippen molar-refractivity contribution in [2.75, 3.05) is 6.61 Å². The first-order chi connectivity index (χ1) is 7.63. The van der Waals surface area contributed by atoms with Gasteiger partial charge in [-0.3, -0.25) is 0 Å². The Hall–Kier alpha value is -1.20. The third-order valence-corrected chi connectivity index (χ3v) is 1.99. The molecule has 1 N–H and O–H groups in total. The highest BCUT2D eigenvalue weighted by molar-refractivity contribution is 5.30. The molecule has 0 aliphatic rings. The van der Waals surface area contributed by atoms with Gasteiger partial charge in [-0.15, -0.1) is 0 Å². The highest BCUT2D eigenvalue weighted by atomic mass is 19.3. The fraction of sp³-hybridized carbons (Fsp3) is 0.455. The van der Waals surface area contributed by atoms with E-state index >= 15 is 0 Å². The van der Waals surface area contributed by atoms with Gasteiger partial charge in [0.25, 0.3) is 0 Å². The molecule has 0 aliphatic heterocycles. The van der Waals surface area contributed by atoms with Gasteiger partial charge in [0.15, 0.2) is 0 Å². The van der Waals surface area contributed by atoms with E-state index in [0.717, 1.165) is 5.56 Å². The molecule has 1 aromatic rings. The molecule has 0 heterocycles. The van der Waals surface area contributed by atoms with Crippen LogP contribution in [0.25, 0.3) is 0 Å². The van der Waals surface area contributed by atoms with Crippen molar-refractivity contribution < 1.29 is 18.4 Å². The second-order valence-electron chi connectivity index (χ2n) is 3.22. The molecule has 0 saturated heterocycles. The Morgan fingerprint density at radius 2 is 2.12 bits per heavy atom. The molecule has 1 aromatic carbocycles. The van der Waals surface area contributed by atoms with E-state index < -0.39 is 6.61 Å². The average molecular weight is 231 g/mol. The highest BCUT2D eigenvalue weighted by Gasteiger charge is 2.08. The van der Waals surface area contributed by atoms with E-state index in [4.69, 9.17) is 4.84 Å². The average Bonchev–Trinajstić information content (AvgIpc) is 2.25. The fourth-order valence-electron chi connectivity index (χ4n) is 1.24. The Labute approximate surface area is 93.3 Å². The molecule has 1 unspecified atom stereocenters. The van der Waals surface area contributed by atoms with Crippen molar-refractivity contribution >= 4 is 0 Å². The van der Waals surface area contributed by atoms with Crippen LogP contribution in [-0.2, 0) is 4.84 Å². The molecule has 0 aliphatic carbocycles. The van der Waals surface area contributed by atoms with Crippen molar-refractivity contribution in [3.63, 3.8) is 0 Å². The Morgan fingerprint density at radius 1 is 1.38 bits per heavy atom. The number of ether oxygens (including phenoxy) is 1. The summed E-state index contributed by atoms with van der Waals surface area (Å²) in [6.45, 7) is 1.47. The molecule has 0 radical (unpaired) electrons. The maximum Gasteiger partial charge on any atom is 0.387 e. The van der Waals surface area contributed by atoms with E-state index in [0.29, 0.717) is 6.61 Å².